The molecule has 0 amide bonds. The molecular formula is C15H22F3NO. The van der Waals surface area contributed by atoms with E-state index in [1.54, 1.807) is 0 Å². The van der Waals surface area contributed by atoms with Crippen LogP contribution in [0.15, 0.2) is 24.3 Å². The molecule has 114 valence electrons. The maximum absolute atomic E-state index is 12.6. The van der Waals surface area contributed by atoms with Gasteiger partial charge in [-0.3, -0.25) is 0 Å². The van der Waals surface area contributed by atoms with Crippen LogP contribution in [0, 0.1) is 0 Å². The molecule has 0 saturated carbocycles. The first-order valence-electron chi connectivity index (χ1n) is 6.96. The van der Waals surface area contributed by atoms with E-state index in [0.717, 1.165) is 38.1 Å². The Morgan fingerprint density at radius 1 is 1.25 bits per heavy atom. The van der Waals surface area contributed by atoms with Gasteiger partial charge in [0.25, 0.3) is 0 Å². The van der Waals surface area contributed by atoms with Gasteiger partial charge in [-0.2, -0.15) is 13.2 Å². The fourth-order valence-electron chi connectivity index (χ4n) is 2.03. The number of hydrogen-bond acceptors (Lipinski definition) is 2. The Kier molecular flexibility index (Phi) is 6.49. The van der Waals surface area contributed by atoms with Crippen molar-refractivity contribution in [2.45, 2.75) is 39.0 Å². The number of aliphatic hydroxyl groups is 1. The number of benzene rings is 1. The van der Waals surface area contributed by atoms with Crippen molar-refractivity contribution in [3.8, 4) is 0 Å². The molecular weight excluding hydrogens is 267 g/mol. The van der Waals surface area contributed by atoms with Gasteiger partial charge in [0.2, 0.25) is 0 Å². The Balaban J connectivity index is 2.73. The zero-order valence-electron chi connectivity index (χ0n) is 12.0. The standard InChI is InChI=1S/C15H22F3NO/c1-3-5-9-19(4-2)11-14(20)12-7-6-8-13(10-12)15(16,17)18/h6-8,10,14,20H,3-5,9,11H2,1-2H3. The van der Waals surface area contributed by atoms with Gasteiger partial charge in [0.05, 0.1) is 11.7 Å². The van der Waals surface area contributed by atoms with Crippen molar-refractivity contribution in [3.63, 3.8) is 0 Å². The van der Waals surface area contributed by atoms with Gasteiger partial charge in [-0.15, -0.1) is 0 Å². The van der Waals surface area contributed by atoms with E-state index in [2.05, 4.69) is 11.8 Å². The van der Waals surface area contributed by atoms with E-state index in [4.69, 9.17) is 0 Å². The molecule has 0 radical (unpaired) electrons. The van der Waals surface area contributed by atoms with Crippen LogP contribution < -0.4 is 0 Å². The summed E-state index contributed by atoms with van der Waals surface area (Å²) in [6, 6.07) is 4.92. The monoisotopic (exact) mass is 289 g/mol. The van der Waals surface area contributed by atoms with Crippen LogP contribution in [0.5, 0.6) is 0 Å². The minimum Gasteiger partial charge on any atom is -0.387 e. The highest BCUT2D eigenvalue weighted by atomic mass is 19.4. The fraction of sp³-hybridized carbons (Fsp3) is 0.600. The average Bonchev–Trinajstić information content (AvgIpc) is 2.42. The SMILES string of the molecule is CCCCN(CC)CC(O)c1cccc(C(F)(F)F)c1. The van der Waals surface area contributed by atoms with Crippen LogP contribution in [0.2, 0.25) is 0 Å². The van der Waals surface area contributed by atoms with Gasteiger partial charge in [-0.25, -0.2) is 0 Å². The largest absolute Gasteiger partial charge is 0.416 e. The first kappa shape index (κ1) is 17.0. The second-order valence-corrected chi connectivity index (χ2v) is 4.89. The number of aliphatic hydroxyl groups excluding tert-OH is 1. The third-order valence-electron chi connectivity index (χ3n) is 3.30. The van der Waals surface area contributed by atoms with Crippen molar-refractivity contribution in [2.75, 3.05) is 19.6 Å². The zero-order valence-corrected chi connectivity index (χ0v) is 12.0. The summed E-state index contributed by atoms with van der Waals surface area (Å²) < 4.78 is 37.9. The van der Waals surface area contributed by atoms with Crippen molar-refractivity contribution in [1.29, 1.82) is 0 Å². The van der Waals surface area contributed by atoms with Crippen molar-refractivity contribution in [1.82, 2.24) is 4.90 Å². The Morgan fingerprint density at radius 3 is 2.50 bits per heavy atom. The van der Waals surface area contributed by atoms with Crippen LogP contribution in [-0.4, -0.2) is 29.6 Å². The highest BCUT2D eigenvalue weighted by Crippen LogP contribution is 2.30. The van der Waals surface area contributed by atoms with Crippen molar-refractivity contribution in [3.05, 3.63) is 35.4 Å². The van der Waals surface area contributed by atoms with Crippen LogP contribution in [0.4, 0.5) is 13.2 Å². The van der Waals surface area contributed by atoms with Crippen molar-refractivity contribution < 1.29 is 18.3 Å². The molecule has 20 heavy (non-hydrogen) atoms. The molecule has 0 fully saturated rings. The Hall–Kier alpha value is -1.07. The molecule has 5 heteroatoms. The van der Waals surface area contributed by atoms with E-state index in [-0.39, 0.29) is 0 Å². The summed E-state index contributed by atoms with van der Waals surface area (Å²) in [7, 11) is 0. The predicted octanol–water partition coefficient (Wildman–Crippen LogP) is 3.86. The van der Waals surface area contributed by atoms with Gasteiger partial charge < -0.3 is 10.0 Å². The summed E-state index contributed by atoms with van der Waals surface area (Å²) in [6.45, 7) is 6.04. The van der Waals surface area contributed by atoms with Gasteiger partial charge in [-0.05, 0) is 37.2 Å². The van der Waals surface area contributed by atoms with E-state index < -0.39 is 17.8 Å². The number of halogens is 3. The minimum atomic E-state index is -4.37. The summed E-state index contributed by atoms with van der Waals surface area (Å²) in [5.74, 6) is 0. The molecule has 0 aliphatic carbocycles. The summed E-state index contributed by atoms with van der Waals surface area (Å²) in [6.07, 6.45) is -3.20. The second kappa shape index (κ2) is 7.64. The van der Waals surface area contributed by atoms with Gasteiger partial charge >= 0.3 is 6.18 Å². The molecule has 0 bridgehead atoms. The Morgan fingerprint density at radius 2 is 1.95 bits per heavy atom. The molecule has 0 aromatic heterocycles. The molecule has 0 saturated heterocycles. The lowest BCUT2D eigenvalue weighted by Crippen LogP contribution is -2.29. The van der Waals surface area contributed by atoms with Crippen molar-refractivity contribution in [2.24, 2.45) is 0 Å². The van der Waals surface area contributed by atoms with Gasteiger partial charge in [0, 0.05) is 6.54 Å². The number of hydrogen-bond donors (Lipinski definition) is 1. The Labute approximate surface area is 118 Å². The lowest BCUT2D eigenvalue weighted by molar-refractivity contribution is -0.137. The normalized spacial score (nSPS) is 13.8. The number of nitrogens with zero attached hydrogens (tertiary/aromatic N) is 1. The van der Waals surface area contributed by atoms with E-state index in [1.165, 1.54) is 12.1 Å². The first-order valence-corrected chi connectivity index (χ1v) is 6.96. The molecule has 1 rings (SSSR count). The van der Waals surface area contributed by atoms with Crippen LogP contribution in [-0.2, 0) is 6.18 Å². The van der Waals surface area contributed by atoms with Gasteiger partial charge in [-0.1, -0.05) is 32.4 Å². The smallest absolute Gasteiger partial charge is 0.387 e. The summed E-state index contributed by atoms with van der Waals surface area (Å²) in [4.78, 5) is 2.05. The number of unbranched alkanes of at least 4 members (excludes halogenated alkanes) is 1. The van der Waals surface area contributed by atoms with E-state index in [9.17, 15) is 18.3 Å². The molecule has 1 aromatic rings. The van der Waals surface area contributed by atoms with Crippen LogP contribution in [0.3, 0.4) is 0 Å². The molecule has 1 aromatic carbocycles. The lowest BCUT2D eigenvalue weighted by atomic mass is 10.1. The summed E-state index contributed by atoms with van der Waals surface area (Å²) in [5, 5.41) is 10.1. The number of alkyl halides is 3. The molecule has 1 unspecified atom stereocenters. The molecule has 1 atom stereocenters. The lowest BCUT2D eigenvalue weighted by Gasteiger charge is -2.24. The number of likely N-dealkylation sites (N-methyl/N-ethyl adjacent to an activating group) is 1. The highest BCUT2D eigenvalue weighted by molar-refractivity contribution is 5.27. The van der Waals surface area contributed by atoms with E-state index >= 15 is 0 Å². The molecule has 0 aliphatic heterocycles. The quantitative estimate of drug-likeness (QED) is 0.824. The molecule has 0 aliphatic rings. The maximum Gasteiger partial charge on any atom is 0.416 e. The van der Waals surface area contributed by atoms with Gasteiger partial charge in [0.15, 0.2) is 0 Å². The van der Waals surface area contributed by atoms with E-state index in [1.807, 2.05) is 6.92 Å². The van der Waals surface area contributed by atoms with E-state index in [0.29, 0.717) is 12.1 Å². The third-order valence-corrected chi connectivity index (χ3v) is 3.30. The zero-order chi connectivity index (χ0) is 15.2. The maximum atomic E-state index is 12.6. The molecule has 0 spiro atoms. The summed E-state index contributed by atoms with van der Waals surface area (Å²) >= 11 is 0. The molecule has 1 N–H and O–H groups in total. The summed E-state index contributed by atoms with van der Waals surface area (Å²) in [5.41, 5.74) is -0.402. The van der Waals surface area contributed by atoms with Crippen molar-refractivity contribution >= 4 is 0 Å². The minimum absolute atomic E-state index is 0.315. The van der Waals surface area contributed by atoms with Gasteiger partial charge in [0.1, 0.15) is 0 Å². The molecule has 0 heterocycles. The van der Waals surface area contributed by atoms with Crippen LogP contribution >= 0.6 is 0 Å². The fourth-order valence-corrected chi connectivity index (χ4v) is 2.03. The molecule has 2 nitrogen and oxygen atoms in total. The van der Waals surface area contributed by atoms with Crippen LogP contribution in [0.1, 0.15) is 43.9 Å². The highest BCUT2D eigenvalue weighted by Gasteiger charge is 2.30. The number of rotatable bonds is 7. The van der Waals surface area contributed by atoms with Crippen LogP contribution in [0.25, 0.3) is 0 Å². The average molecular weight is 289 g/mol. The predicted molar refractivity (Wildman–Crippen MR) is 73.4 cm³/mol. The first-order chi connectivity index (χ1) is 9.38. The Bertz CT molecular complexity index is 406. The topological polar surface area (TPSA) is 23.5 Å². The third kappa shape index (κ3) is 5.13. The second-order valence-electron chi connectivity index (χ2n) is 4.89.